The second-order valence-electron chi connectivity index (χ2n) is 8.90. The third kappa shape index (κ3) is 4.13. The van der Waals surface area contributed by atoms with Crippen molar-refractivity contribution in [1.29, 1.82) is 0 Å². The zero-order chi connectivity index (χ0) is 25.4. The summed E-state index contributed by atoms with van der Waals surface area (Å²) in [5, 5.41) is 7.06. The van der Waals surface area contributed by atoms with E-state index in [2.05, 4.69) is 4.98 Å². The second kappa shape index (κ2) is 9.34. The zero-order valence-corrected chi connectivity index (χ0v) is 20.7. The van der Waals surface area contributed by atoms with Gasteiger partial charge < -0.3 is 14.5 Å². The average molecular weight is 482 g/mol. The average Bonchev–Trinajstić information content (AvgIpc) is 3.33. The smallest absolute Gasteiger partial charge is 0.258 e. The van der Waals surface area contributed by atoms with E-state index >= 15 is 0 Å². The molecule has 0 spiro atoms. The van der Waals surface area contributed by atoms with E-state index < -0.39 is 6.04 Å². The van der Waals surface area contributed by atoms with Crippen molar-refractivity contribution in [3.05, 3.63) is 93.8 Å². The highest BCUT2D eigenvalue weighted by Gasteiger charge is 2.34. The predicted molar refractivity (Wildman–Crippen MR) is 141 cm³/mol. The lowest BCUT2D eigenvalue weighted by Gasteiger charge is -2.21. The van der Waals surface area contributed by atoms with Crippen LogP contribution in [0, 0.1) is 6.92 Å². The largest absolute Gasteiger partial charge is 0.497 e. The number of rotatable bonds is 5. The first kappa shape index (κ1) is 23.4. The lowest BCUT2D eigenvalue weighted by molar-refractivity contribution is -0.130. The van der Waals surface area contributed by atoms with Crippen LogP contribution in [0.3, 0.4) is 0 Å². The Morgan fingerprint density at radius 3 is 2.31 bits per heavy atom. The highest BCUT2D eigenvalue weighted by atomic mass is 16.5. The van der Waals surface area contributed by atoms with E-state index in [0.717, 1.165) is 33.2 Å². The Balaban J connectivity index is 1.71. The number of amides is 1. The first-order valence-electron chi connectivity index (χ1n) is 11.7. The number of methoxy groups -OCH3 is 2. The van der Waals surface area contributed by atoms with Crippen LogP contribution in [0.25, 0.3) is 22.0 Å². The van der Waals surface area contributed by atoms with Gasteiger partial charge in [0.05, 0.1) is 31.5 Å². The van der Waals surface area contributed by atoms with Crippen molar-refractivity contribution in [3.63, 3.8) is 0 Å². The molecule has 0 aliphatic carbocycles. The van der Waals surface area contributed by atoms with Crippen LogP contribution in [0.15, 0.2) is 76.6 Å². The Hall–Kier alpha value is -4.39. The van der Waals surface area contributed by atoms with Gasteiger partial charge in [-0.2, -0.15) is 5.10 Å². The van der Waals surface area contributed by atoms with Gasteiger partial charge in [-0.25, -0.2) is 5.01 Å². The Bertz CT molecular complexity index is 1530. The highest BCUT2D eigenvalue weighted by molar-refractivity contribution is 6.12. The van der Waals surface area contributed by atoms with Gasteiger partial charge in [-0.3, -0.25) is 9.59 Å². The number of nitrogens with zero attached hydrogens (tertiary/aromatic N) is 2. The van der Waals surface area contributed by atoms with E-state index in [-0.39, 0.29) is 11.5 Å². The quantitative estimate of drug-likeness (QED) is 0.424. The number of H-pyrrole nitrogens is 1. The van der Waals surface area contributed by atoms with Crippen LogP contribution in [-0.2, 0) is 4.79 Å². The number of aromatic nitrogens is 1. The van der Waals surface area contributed by atoms with E-state index in [1.54, 1.807) is 20.3 Å². The van der Waals surface area contributed by atoms with Crippen molar-refractivity contribution < 1.29 is 14.3 Å². The molecular formula is C29H27N3O4. The molecule has 1 amide bonds. The molecule has 0 bridgehead atoms. The van der Waals surface area contributed by atoms with Gasteiger partial charge in [-0.1, -0.05) is 42.5 Å². The molecule has 36 heavy (non-hydrogen) atoms. The molecule has 1 atom stereocenters. The van der Waals surface area contributed by atoms with Gasteiger partial charge in [0.1, 0.15) is 11.5 Å². The number of carbonyl (C=O) groups is 1. The third-order valence-corrected chi connectivity index (χ3v) is 6.51. The Kier molecular flexibility index (Phi) is 6.06. The van der Waals surface area contributed by atoms with Crippen molar-refractivity contribution >= 4 is 22.5 Å². The monoisotopic (exact) mass is 481 g/mol. The molecule has 4 aromatic rings. The van der Waals surface area contributed by atoms with E-state index in [1.165, 1.54) is 11.9 Å². The fourth-order valence-electron chi connectivity index (χ4n) is 4.83. The molecule has 1 aliphatic rings. The molecule has 2 heterocycles. The van der Waals surface area contributed by atoms with Gasteiger partial charge in [-0.05, 0) is 41.8 Å². The molecule has 0 radical (unpaired) electrons. The van der Waals surface area contributed by atoms with Gasteiger partial charge in [0, 0.05) is 35.9 Å². The Morgan fingerprint density at radius 2 is 1.67 bits per heavy atom. The van der Waals surface area contributed by atoms with Gasteiger partial charge in [-0.15, -0.1) is 0 Å². The summed E-state index contributed by atoms with van der Waals surface area (Å²) in [6.07, 6.45) is 0.371. The van der Waals surface area contributed by atoms with Crippen molar-refractivity contribution in [3.8, 4) is 22.6 Å². The molecule has 0 saturated heterocycles. The van der Waals surface area contributed by atoms with Crippen LogP contribution in [0.5, 0.6) is 11.5 Å². The number of pyridine rings is 1. The molecule has 7 nitrogen and oxygen atoms in total. The molecule has 0 saturated carbocycles. The summed E-state index contributed by atoms with van der Waals surface area (Å²) < 4.78 is 10.9. The fourth-order valence-corrected chi connectivity index (χ4v) is 4.83. The van der Waals surface area contributed by atoms with Crippen molar-refractivity contribution in [2.45, 2.75) is 26.3 Å². The topological polar surface area (TPSA) is 84.0 Å². The fraction of sp³-hybridized carbons (Fsp3) is 0.207. The van der Waals surface area contributed by atoms with Crippen LogP contribution in [-0.4, -0.2) is 35.8 Å². The van der Waals surface area contributed by atoms with Gasteiger partial charge >= 0.3 is 0 Å². The summed E-state index contributed by atoms with van der Waals surface area (Å²) in [6, 6.07) is 20.9. The van der Waals surface area contributed by atoms with E-state index in [4.69, 9.17) is 14.6 Å². The van der Waals surface area contributed by atoms with Gasteiger partial charge in [0.25, 0.3) is 5.56 Å². The number of hydrazone groups is 1. The van der Waals surface area contributed by atoms with Crippen molar-refractivity contribution in [2.75, 3.05) is 14.2 Å². The number of hydrogen-bond donors (Lipinski definition) is 1. The van der Waals surface area contributed by atoms with Gasteiger partial charge in [0.2, 0.25) is 5.91 Å². The molecule has 182 valence electrons. The van der Waals surface area contributed by atoms with Crippen LogP contribution >= 0.6 is 0 Å². The minimum absolute atomic E-state index is 0.217. The van der Waals surface area contributed by atoms with Crippen LogP contribution < -0.4 is 15.0 Å². The van der Waals surface area contributed by atoms with Crippen molar-refractivity contribution in [2.24, 2.45) is 5.10 Å². The van der Waals surface area contributed by atoms with Crippen LogP contribution in [0.2, 0.25) is 0 Å². The first-order valence-corrected chi connectivity index (χ1v) is 11.7. The van der Waals surface area contributed by atoms with Crippen molar-refractivity contribution in [1.82, 2.24) is 9.99 Å². The van der Waals surface area contributed by atoms with Crippen LogP contribution in [0.4, 0.5) is 0 Å². The summed E-state index contributed by atoms with van der Waals surface area (Å²) in [6.45, 7) is 3.47. The summed E-state index contributed by atoms with van der Waals surface area (Å²) in [4.78, 5) is 29.3. The lowest BCUT2D eigenvalue weighted by Crippen LogP contribution is -2.24. The zero-order valence-electron chi connectivity index (χ0n) is 20.7. The molecule has 0 unspecified atom stereocenters. The number of aromatic amines is 1. The second-order valence-corrected chi connectivity index (χ2v) is 8.90. The Labute approximate surface area is 209 Å². The molecule has 1 aromatic heterocycles. The van der Waals surface area contributed by atoms with E-state index in [0.29, 0.717) is 29.2 Å². The lowest BCUT2D eigenvalue weighted by atomic mass is 9.90. The number of benzene rings is 3. The molecule has 1 aliphatic heterocycles. The highest BCUT2D eigenvalue weighted by Crippen LogP contribution is 2.39. The van der Waals surface area contributed by atoms with Gasteiger partial charge in [0.15, 0.2) is 0 Å². The Morgan fingerprint density at radius 1 is 0.972 bits per heavy atom. The SMILES string of the molecule is COc1cc(OC)cc([C@@H]2CC(c3c(-c4ccccc4)c4ccc(C)cc4[nH]c3=O)=NN2C(C)=O)c1. The molecule has 1 N–H and O–H groups in total. The van der Waals surface area contributed by atoms with E-state index in [1.807, 2.05) is 67.6 Å². The molecule has 5 rings (SSSR count). The summed E-state index contributed by atoms with van der Waals surface area (Å²) in [7, 11) is 3.17. The van der Waals surface area contributed by atoms with Crippen LogP contribution in [0.1, 0.15) is 36.1 Å². The number of nitrogens with one attached hydrogen (secondary N) is 1. The minimum Gasteiger partial charge on any atom is -0.497 e. The summed E-state index contributed by atoms with van der Waals surface area (Å²) >= 11 is 0. The third-order valence-electron chi connectivity index (χ3n) is 6.51. The predicted octanol–water partition coefficient (Wildman–Crippen LogP) is 5.22. The number of ether oxygens (including phenoxy) is 2. The molecule has 3 aromatic carbocycles. The number of carbonyl (C=O) groups excluding carboxylic acids is 1. The number of fused-ring (bicyclic) bond motifs is 1. The maximum Gasteiger partial charge on any atom is 0.258 e. The molecule has 7 heteroatoms. The normalized spacial score (nSPS) is 15.2. The maximum atomic E-state index is 13.6. The number of aryl methyl sites for hydroxylation is 1. The summed E-state index contributed by atoms with van der Waals surface area (Å²) in [5.41, 5.74) is 5.14. The molecular weight excluding hydrogens is 454 g/mol. The summed E-state index contributed by atoms with van der Waals surface area (Å²) in [5.74, 6) is 1.02. The first-order chi connectivity index (χ1) is 17.4. The molecule has 0 fully saturated rings. The van der Waals surface area contributed by atoms with E-state index in [9.17, 15) is 9.59 Å². The standard InChI is InChI=1S/C29H27N3O4/c1-17-10-11-23-24(12-17)30-29(34)28(27(23)19-8-6-5-7-9-19)25-16-26(32(31-25)18(2)33)20-13-21(35-3)15-22(14-20)36-4/h5-15,26H,16H2,1-4H3,(H,30,34)/t26-/m0/s1. The maximum absolute atomic E-state index is 13.6. The minimum atomic E-state index is -0.404. The number of hydrogen-bond acceptors (Lipinski definition) is 5.